The fraction of sp³-hybridized carbons (Fsp3) is 1.00. The fourth-order valence-electron chi connectivity index (χ4n) is 2.33. The fourth-order valence-corrected chi connectivity index (χ4v) is 2.89. The van der Waals surface area contributed by atoms with Gasteiger partial charge in [-0.15, -0.1) is 0 Å². The molecule has 0 unspecified atom stereocenters. The van der Waals surface area contributed by atoms with Crippen molar-refractivity contribution in [2.45, 2.75) is 32.8 Å². The Bertz CT molecular complexity index is 178. The minimum Gasteiger partial charge on any atom is -0.377 e. The van der Waals surface area contributed by atoms with Gasteiger partial charge in [-0.25, -0.2) is 0 Å². The molecule has 2 heteroatoms. The van der Waals surface area contributed by atoms with Crippen molar-refractivity contribution in [3.8, 4) is 0 Å². The highest BCUT2D eigenvalue weighted by molar-refractivity contribution is 14.1. The monoisotopic (exact) mass is 266 g/mol. The van der Waals surface area contributed by atoms with E-state index in [1.54, 1.807) is 0 Å². The summed E-state index contributed by atoms with van der Waals surface area (Å²) in [6, 6.07) is 0. The van der Waals surface area contributed by atoms with Crippen LogP contribution in [-0.4, -0.2) is 17.1 Å². The molecule has 1 saturated heterocycles. The van der Waals surface area contributed by atoms with Crippen molar-refractivity contribution in [3.05, 3.63) is 0 Å². The molecule has 11 heavy (non-hydrogen) atoms. The van der Waals surface area contributed by atoms with E-state index in [0.717, 1.165) is 11.0 Å². The Hall–Kier alpha value is 0.690. The first kappa shape index (κ1) is 8.30. The number of alkyl halides is 1. The summed E-state index contributed by atoms with van der Waals surface area (Å²) in [4.78, 5) is 0. The Labute approximate surface area is 82.0 Å². The van der Waals surface area contributed by atoms with Gasteiger partial charge in [-0.3, -0.25) is 0 Å². The van der Waals surface area contributed by atoms with Crippen LogP contribution in [0.2, 0.25) is 0 Å². The molecule has 2 atom stereocenters. The molecule has 0 N–H and O–H groups in total. The van der Waals surface area contributed by atoms with Crippen LogP contribution in [0.3, 0.4) is 0 Å². The standard InChI is InChI=1S/C9H15IO/c1-8(2)5-9(8)3-7(4-10)11-6-9/h7H,3-6H2,1-2H3/t7-,9+/m0/s1. The van der Waals surface area contributed by atoms with Crippen LogP contribution in [-0.2, 0) is 4.74 Å². The predicted molar refractivity (Wildman–Crippen MR) is 54.1 cm³/mol. The third-order valence-electron chi connectivity index (χ3n) is 3.48. The largest absolute Gasteiger partial charge is 0.377 e. The number of rotatable bonds is 1. The molecule has 2 rings (SSSR count). The number of halogens is 1. The van der Waals surface area contributed by atoms with Gasteiger partial charge in [0, 0.05) is 9.84 Å². The number of hydrogen-bond acceptors (Lipinski definition) is 1. The average Bonchev–Trinajstić information content (AvgIpc) is 2.35. The second kappa shape index (κ2) is 2.34. The van der Waals surface area contributed by atoms with E-state index in [9.17, 15) is 0 Å². The molecule has 1 nitrogen and oxygen atoms in total. The number of ether oxygens (including phenoxy) is 1. The Kier molecular flexibility index (Phi) is 1.77. The molecule has 2 fully saturated rings. The molecule has 64 valence electrons. The van der Waals surface area contributed by atoms with E-state index in [1.807, 2.05) is 0 Å². The lowest BCUT2D eigenvalue weighted by atomic mass is 9.93. The van der Waals surface area contributed by atoms with Crippen molar-refractivity contribution in [2.24, 2.45) is 10.8 Å². The summed E-state index contributed by atoms with van der Waals surface area (Å²) < 4.78 is 6.87. The molecule has 0 bridgehead atoms. The second-order valence-electron chi connectivity index (χ2n) is 4.63. The van der Waals surface area contributed by atoms with Crippen LogP contribution in [0.4, 0.5) is 0 Å². The van der Waals surface area contributed by atoms with Crippen LogP contribution in [0.5, 0.6) is 0 Å². The molecule has 1 aliphatic heterocycles. The quantitative estimate of drug-likeness (QED) is 0.523. The molecule has 0 aromatic carbocycles. The lowest BCUT2D eigenvalue weighted by Crippen LogP contribution is -2.09. The zero-order chi connectivity index (χ0) is 8.11. The first-order valence-electron chi connectivity index (χ1n) is 4.27. The van der Waals surface area contributed by atoms with Gasteiger partial charge in [-0.2, -0.15) is 0 Å². The zero-order valence-corrected chi connectivity index (χ0v) is 9.35. The van der Waals surface area contributed by atoms with Crippen LogP contribution < -0.4 is 0 Å². The Balaban J connectivity index is 2.01. The van der Waals surface area contributed by atoms with E-state index < -0.39 is 0 Å². The Morgan fingerprint density at radius 2 is 2.18 bits per heavy atom. The van der Waals surface area contributed by atoms with Crippen molar-refractivity contribution in [2.75, 3.05) is 11.0 Å². The van der Waals surface area contributed by atoms with Crippen molar-refractivity contribution in [1.82, 2.24) is 0 Å². The summed E-state index contributed by atoms with van der Waals surface area (Å²) in [6.45, 7) is 5.76. The van der Waals surface area contributed by atoms with E-state index in [1.165, 1.54) is 12.8 Å². The molecule has 1 aliphatic carbocycles. The summed E-state index contributed by atoms with van der Waals surface area (Å²) in [6.07, 6.45) is 3.24. The van der Waals surface area contributed by atoms with Gasteiger partial charge in [0.1, 0.15) is 0 Å². The van der Waals surface area contributed by atoms with Gasteiger partial charge < -0.3 is 4.74 Å². The molecule has 0 aromatic heterocycles. The van der Waals surface area contributed by atoms with Gasteiger partial charge in [-0.1, -0.05) is 36.4 Å². The van der Waals surface area contributed by atoms with Gasteiger partial charge in [0.05, 0.1) is 12.7 Å². The van der Waals surface area contributed by atoms with Crippen molar-refractivity contribution in [1.29, 1.82) is 0 Å². The smallest absolute Gasteiger partial charge is 0.0671 e. The van der Waals surface area contributed by atoms with Crippen LogP contribution in [0.25, 0.3) is 0 Å². The highest BCUT2D eigenvalue weighted by atomic mass is 127. The second-order valence-corrected chi connectivity index (χ2v) is 5.51. The van der Waals surface area contributed by atoms with Crippen molar-refractivity contribution in [3.63, 3.8) is 0 Å². The number of hydrogen-bond donors (Lipinski definition) is 0. The molecular formula is C9H15IO. The van der Waals surface area contributed by atoms with Crippen molar-refractivity contribution >= 4 is 22.6 Å². The summed E-state index contributed by atoms with van der Waals surface area (Å²) in [5.74, 6) is 0. The van der Waals surface area contributed by atoms with Gasteiger partial charge >= 0.3 is 0 Å². The third kappa shape index (κ3) is 1.13. The first-order chi connectivity index (χ1) is 5.10. The van der Waals surface area contributed by atoms with Crippen molar-refractivity contribution < 1.29 is 4.74 Å². The maximum atomic E-state index is 5.71. The maximum absolute atomic E-state index is 5.71. The van der Waals surface area contributed by atoms with Gasteiger partial charge in [-0.05, 0) is 18.3 Å². The minimum absolute atomic E-state index is 0.553. The van der Waals surface area contributed by atoms with E-state index in [0.29, 0.717) is 16.9 Å². The van der Waals surface area contributed by atoms with Gasteiger partial charge in [0.15, 0.2) is 0 Å². The lowest BCUT2D eigenvalue weighted by Gasteiger charge is -2.09. The molecule has 2 aliphatic rings. The summed E-state index contributed by atoms with van der Waals surface area (Å²) in [7, 11) is 0. The van der Waals surface area contributed by atoms with E-state index in [-0.39, 0.29) is 0 Å². The SMILES string of the molecule is CC1(C)C[C@]12CO[C@H](CI)C2. The molecule has 1 saturated carbocycles. The molecule has 0 amide bonds. The summed E-state index contributed by atoms with van der Waals surface area (Å²) in [5, 5.41) is 0. The van der Waals surface area contributed by atoms with Crippen LogP contribution >= 0.6 is 22.6 Å². The minimum atomic E-state index is 0.553. The maximum Gasteiger partial charge on any atom is 0.0671 e. The van der Waals surface area contributed by atoms with Crippen LogP contribution in [0, 0.1) is 10.8 Å². The molecule has 1 spiro atoms. The van der Waals surface area contributed by atoms with E-state index >= 15 is 0 Å². The first-order valence-corrected chi connectivity index (χ1v) is 5.80. The molecular weight excluding hydrogens is 251 g/mol. The predicted octanol–water partition coefficient (Wildman–Crippen LogP) is 2.63. The van der Waals surface area contributed by atoms with E-state index in [2.05, 4.69) is 36.4 Å². The average molecular weight is 266 g/mol. The molecule has 0 radical (unpaired) electrons. The topological polar surface area (TPSA) is 9.23 Å². The normalized spacial score (nSPS) is 46.6. The highest BCUT2D eigenvalue weighted by Gasteiger charge is 2.64. The lowest BCUT2D eigenvalue weighted by molar-refractivity contribution is 0.120. The third-order valence-corrected chi connectivity index (χ3v) is 4.46. The van der Waals surface area contributed by atoms with E-state index in [4.69, 9.17) is 4.74 Å². The summed E-state index contributed by atoms with van der Waals surface area (Å²) in [5.41, 5.74) is 1.16. The Morgan fingerprint density at radius 1 is 1.55 bits per heavy atom. The van der Waals surface area contributed by atoms with Crippen LogP contribution in [0.1, 0.15) is 26.7 Å². The summed E-state index contributed by atoms with van der Waals surface area (Å²) >= 11 is 2.42. The Morgan fingerprint density at radius 3 is 2.45 bits per heavy atom. The molecule has 0 aromatic rings. The van der Waals surface area contributed by atoms with Crippen LogP contribution in [0.15, 0.2) is 0 Å². The van der Waals surface area contributed by atoms with Gasteiger partial charge in [0.25, 0.3) is 0 Å². The zero-order valence-electron chi connectivity index (χ0n) is 7.19. The highest BCUT2D eigenvalue weighted by Crippen LogP contribution is 2.68. The molecule has 1 heterocycles. The van der Waals surface area contributed by atoms with Gasteiger partial charge in [0.2, 0.25) is 0 Å².